The van der Waals surface area contributed by atoms with Crippen LogP contribution in [0.4, 0.5) is 4.79 Å². The van der Waals surface area contributed by atoms with Crippen LogP contribution in [0.2, 0.25) is 0 Å². The SMILES string of the molecule is CCCCC(CC)COC(=O)C1COC(=O)O1. The van der Waals surface area contributed by atoms with E-state index in [4.69, 9.17) is 4.74 Å². The zero-order valence-corrected chi connectivity index (χ0v) is 10.4. The highest BCUT2D eigenvalue weighted by Gasteiger charge is 2.33. The third-order valence-corrected chi connectivity index (χ3v) is 2.86. The van der Waals surface area contributed by atoms with Gasteiger partial charge in [-0.3, -0.25) is 0 Å². The number of carbonyl (C=O) groups is 2. The molecule has 0 bridgehead atoms. The minimum Gasteiger partial charge on any atom is -0.463 e. The smallest absolute Gasteiger partial charge is 0.463 e. The molecular weight excluding hydrogens is 224 g/mol. The Labute approximate surface area is 101 Å². The summed E-state index contributed by atoms with van der Waals surface area (Å²) in [5, 5.41) is 0. The molecule has 2 unspecified atom stereocenters. The van der Waals surface area contributed by atoms with Gasteiger partial charge in [-0.1, -0.05) is 33.1 Å². The Morgan fingerprint density at radius 3 is 2.82 bits per heavy atom. The van der Waals surface area contributed by atoms with E-state index in [0.717, 1.165) is 25.7 Å². The Bertz CT molecular complexity index is 264. The molecule has 1 saturated heterocycles. The molecule has 0 spiro atoms. The summed E-state index contributed by atoms with van der Waals surface area (Å²) in [7, 11) is 0. The summed E-state index contributed by atoms with van der Waals surface area (Å²) in [5.41, 5.74) is 0. The molecule has 0 aliphatic carbocycles. The highest BCUT2D eigenvalue weighted by molar-refractivity contribution is 5.79. The van der Waals surface area contributed by atoms with Crippen molar-refractivity contribution in [2.24, 2.45) is 5.92 Å². The standard InChI is InChI=1S/C12H20O5/c1-3-5-6-9(4-2)7-15-11(13)10-8-16-12(14)17-10/h9-10H,3-8H2,1-2H3. The average Bonchev–Trinajstić information content (AvgIpc) is 2.76. The van der Waals surface area contributed by atoms with Crippen molar-refractivity contribution in [2.45, 2.75) is 45.6 Å². The molecule has 0 amide bonds. The van der Waals surface area contributed by atoms with Crippen LogP contribution in [0.1, 0.15) is 39.5 Å². The first kappa shape index (κ1) is 13.8. The van der Waals surface area contributed by atoms with Gasteiger partial charge < -0.3 is 14.2 Å². The molecule has 0 saturated carbocycles. The molecule has 1 aliphatic rings. The van der Waals surface area contributed by atoms with Gasteiger partial charge in [0.25, 0.3) is 0 Å². The highest BCUT2D eigenvalue weighted by Crippen LogP contribution is 2.14. The normalized spacial score (nSPS) is 20.6. The molecule has 1 rings (SSSR count). The molecule has 1 heterocycles. The molecule has 5 nitrogen and oxygen atoms in total. The lowest BCUT2D eigenvalue weighted by atomic mass is 10.0. The molecule has 0 N–H and O–H groups in total. The van der Waals surface area contributed by atoms with Gasteiger partial charge >= 0.3 is 12.1 Å². The maximum absolute atomic E-state index is 11.5. The van der Waals surface area contributed by atoms with Gasteiger partial charge in [-0.2, -0.15) is 0 Å². The van der Waals surface area contributed by atoms with Crippen LogP contribution < -0.4 is 0 Å². The van der Waals surface area contributed by atoms with E-state index in [1.807, 2.05) is 0 Å². The lowest BCUT2D eigenvalue weighted by Crippen LogP contribution is -2.27. The first-order valence-electron chi connectivity index (χ1n) is 6.17. The summed E-state index contributed by atoms with van der Waals surface area (Å²) in [6.45, 7) is 4.56. The number of cyclic esters (lactones) is 2. The Morgan fingerprint density at radius 1 is 1.53 bits per heavy atom. The maximum atomic E-state index is 11.5. The zero-order valence-electron chi connectivity index (χ0n) is 10.4. The van der Waals surface area contributed by atoms with Gasteiger partial charge in [0.05, 0.1) is 6.61 Å². The topological polar surface area (TPSA) is 61.8 Å². The quantitative estimate of drug-likeness (QED) is 0.643. The fourth-order valence-electron chi connectivity index (χ4n) is 1.64. The van der Waals surface area contributed by atoms with E-state index in [1.165, 1.54) is 0 Å². The molecule has 2 atom stereocenters. The van der Waals surface area contributed by atoms with Crippen molar-refractivity contribution in [3.8, 4) is 0 Å². The molecule has 0 aromatic heterocycles. The Kier molecular flexibility index (Phi) is 5.80. The Morgan fingerprint density at radius 2 is 2.29 bits per heavy atom. The first-order valence-corrected chi connectivity index (χ1v) is 6.17. The van der Waals surface area contributed by atoms with Crippen LogP contribution in [0.15, 0.2) is 0 Å². The molecule has 0 aromatic rings. The molecule has 1 fully saturated rings. The van der Waals surface area contributed by atoms with Crippen LogP contribution in [0, 0.1) is 5.92 Å². The number of rotatable bonds is 7. The number of unbranched alkanes of at least 4 members (excludes halogenated alkanes) is 1. The van der Waals surface area contributed by atoms with Gasteiger partial charge in [0.2, 0.25) is 6.10 Å². The van der Waals surface area contributed by atoms with Crippen molar-refractivity contribution >= 4 is 12.1 Å². The third-order valence-electron chi connectivity index (χ3n) is 2.86. The van der Waals surface area contributed by atoms with Crippen LogP contribution >= 0.6 is 0 Å². The van der Waals surface area contributed by atoms with E-state index < -0.39 is 18.2 Å². The summed E-state index contributed by atoms with van der Waals surface area (Å²) in [6, 6.07) is 0. The molecule has 1 aliphatic heterocycles. The van der Waals surface area contributed by atoms with Gasteiger partial charge in [0.15, 0.2) is 0 Å². The number of esters is 1. The van der Waals surface area contributed by atoms with Crippen molar-refractivity contribution in [2.75, 3.05) is 13.2 Å². The summed E-state index contributed by atoms with van der Waals surface area (Å²) >= 11 is 0. The third kappa shape index (κ3) is 4.63. The van der Waals surface area contributed by atoms with Crippen LogP contribution in [0.25, 0.3) is 0 Å². The molecule has 0 radical (unpaired) electrons. The van der Waals surface area contributed by atoms with Crippen molar-refractivity contribution < 1.29 is 23.8 Å². The Hall–Kier alpha value is -1.26. The van der Waals surface area contributed by atoms with Crippen LogP contribution in [-0.4, -0.2) is 31.4 Å². The predicted octanol–water partition coefficient (Wildman–Crippen LogP) is 2.28. The van der Waals surface area contributed by atoms with Gasteiger partial charge in [-0.25, -0.2) is 9.59 Å². The van der Waals surface area contributed by atoms with E-state index in [9.17, 15) is 9.59 Å². The predicted molar refractivity (Wildman–Crippen MR) is 60.5 cm³/mol. The van der Waals surface area contributed by atoms with Crippen LogP contribution in [0.5, 0.6) is 0 Å². The van der Waals surface area contributed by atoms with Gasteiger partial charge in [0, 0.05) is 0 Å². The van der Waals surface area contributed by atoms with E-state index >= 15 is 0 Å². The fourth-order valence-corrected chi connectivity index (χ4v) is 1.64. The number of hydrogen-bond donors (Lipinski definition) is 0. The summed E-state index contributed by atoms with van der Waals surface area (Å²) in [5.74, 6) is -0.122. The van der Waals surface area contributed by atoms with Gasteiger partial charge in [-0.05, 0) is 12.3 Å². The minimum absolute atomic E-state index is 0.0383. The van der Waals surface area contributed by atoms with Crippen molar-refractivity contribution in [3.05, 3.63) is 0 Å². The van der Waals surface area contributed by atoms with Gasteiger partial charge in [0.1, 0.15) is 6.61 Å². The minimum atomic E-state index is -0.883. The average molecular weight is 244 g/mol. The number of carbonyl (C=O) groups excluding carboxylic acids is 2. The monoisotopic (exact) mass is 244 g/mol. The van der Waals surface area contributed by atoms with E-state index in [2.05, 4.69) is 23.3 Å². The second-order valence-corrected chi connectivity index (χ2v) is 4.21. The fraction of sp³-hybridized carbons (Fsp3) is 0.833. The summed E-state index contributed by atoms with van der Waals surface area (Å²) in [6.07, 6.45) is 2.63. The molecule has 5 heteroatoms. The van der Waals surface area contributed by atoms with E-state index in [-0.39, 0.29) is 6.61 Å². The molecule has 17 heavy (non-hydrogen) atoms. The first-order chi connectivity index (χ1) is 8.17. The number of ether oxygens (including phenoxy) is 3. The lowest BCUT2D eigenvalue weighted by Gasteiger charge is -2.15. The molecular formula is C12H20O5. The van der Waals surface area contributed by atoms with Crippen LogP contribution in [0.3, 0.4) is 0 Å². The molecule has 0 aromatic carbocycles. The van der Waals surface area contributed by atoms with Crippen LogP contribution in [-0.2, 0) is 19.0 Å². The second-order valence-electron chi connectivity index (χ2n) is 4.21. The van der Waals surface area contributed by atoms with E-state index in [0.29, 0.717) is 12.5 Å². The van der Waals surface area contributed by atoms with E-state index in [1.54, 1.807) is 0 Å². The molecule has 98 valence electrons. The maximum Gasteiger partial charge on any atom is 0.509 e. The van der Waals surface area contributed by atoms with Crippen molar-refractivity contribution in [3.63, 3.8) is 0 Å². The highest BCUT2D eigenvalue weighted by atomic mass is 16.8. The largest absolute Gasteiger partial charge is 0.509 e. The number of hydrogen-bond acceptors (Lipinski definition) is 5. The summed E-state index contributed by atoms with van der Waals surface area (Å²) in [4.78, 5) is 22.1. The zero-order chi connectivity index (χ0) is 12.7. The van der Waals surface area contributed by atoms with Gasteiger partial charge in [-0.15, -0.1) is 0 Å². The lowest BCUT2D eigenvalue weighted by molar-refractivity contribution is -0.153. The Balaban J connectivity index is 2.23. The van der Waals surface area contributed by atoms with Crippen molar-refractivity contribution in [1.29, 1.82) is 0 Å². The summed E-state index contributed by atoms with van der Waals surface area (Å²) < 4.78 is 14.3. The van der Waals surface area contributed by atoms with Crippen molar-refractivity contribution in [1.82, 2.24) is 0 Å². The second kappa shape index (κ2) is 7.14.